The van der Waals surface area contributed by atoms with E-state index in [9.17, 15) is 9.18 Å². The molecule has 16 heavy (non-hydrogen) atoms. The van der Waals surface area contributed by atoms with E-state index in [1.165, 1.54) is 18.2 Å². The lowest BCUT2D eigenvalue weighted by Gasteiger charge is -1.98. The van der Waals surface area contributed by atoms with Crippen molar-refractivity contribution in [2.24, 2.45) is 10.2 Å². The predicted molar refractivity (Wildman–Crippen MR) is 61.1 cm³/mol. The van der Waals surface area contributed by atoms with Gasteiger partial charge in [0.25, 0.3) is 5.91 Å². The molecular weight excluding hydrogens is 233 g/mol. The number of hydrogen-bond donors (Lipinski definition) is 2. The van der Waals surface area contributed by atoms with Crippen LogP contribution >= 0.6 is 11.8 Å². The van der Waals surface area contributed by atoms with Crippen molar-refractivity contribution >= 4 is 29.7 Å². The van der Waals surface area contributed by atoms with Gasteiger partial charge in [-0.2, -0.15) is 0 Å². The van der Waals surface area contributed by atoms with E-state index >= 15 is 0 Å². The van der Waals surface area contributed by atoms with E-state index in [1.807, 2.05) is 0 Å². The number of benzene rings is 1. The summed E-state index contributed by atoms with van der Waals surface area (Å²) >= 11 is 5.00. The lowest BCUT2D eigenvalue weighted by atomic mass is 10.2. The molecule has 0 atom stereocenters. The fraction of sp³-hybridized carbons (Fsp3) is 0. The fourth-order valence-corrected chi connectivity index (χ4v) is 1.01. The topological polar surface area (TPSA) is 67.5 Å². The molecule has 0 saturated carbocycles. The Labute approximate surface area is 96.7 Å². The Balaban J connectivity index is 2.68. The van der Waals surface area contributed by atoms with Crippen LogP contribution in [0.25, 0.3) is 6.08 Å². The van der Waals surface area contributed by atoms with Crippen molar-refractivity contribution in [2.75, 3.05) is 0 Å². The number of guanidine groups is 1. The zero-order chi connectivity index (χ0) is 12.0. The second-order valence-electron chi connectivity index (χ2n) is 2.81. The fourth-order valence-electron chi connectivity index (χ4n) is 0.965. The molecular formula is C10H9ClFN3O. The number of carbonyl (C=O) groups is 1. The molecule has 0 heterocycles. The third-order valence-corrected chi connectivity index (χ3v) is 1.84. The minimum atomic E-state index is -0.537. The molecule has 6 heteroatoms. The molecule has 1 aromatic rings. The highest BCUT2D eigenvalue weighted by atomic mass is 35.5. The highest BCUT2D eigenvalue weighted by molar-refractivity contribution is 6.20. The van der Waals surface area contributed by atoms with Crippen LogP contribution in [0.4, 0.5) is 4.39 Å². The van der Waals surface area contributed by atoms with Crippen molar-refractivity contribution in [1.82, 2.24) is 5.32 Å². The van der Waals surface area contributed by atoms with E-state index in [-0.39, 0.29) is 5.96 Å². The molecule has 4 nitrogen and oxygen atoms in total. The average molecular weight is 242 g/mol. The smallest absolute Gasteiger partial charge is 0.250 e. The lowest BCUT2D eigenvalue weighted by Crippen LogP contribution is -2.34. The summed E-state index contributed by atoms with van der Waals surface area (Å²) in [6.45, 7) is 0. The Bertz CT molecular complexity index is 445. The number of nitrogens with zero attached hydrogens (tertiary/aromatic N) is 1. The molecule has 1 amide bonds. The van der Waals surface area contributed by atoms with Crippen molar-refractivity contribution in [1.29, 1.82) is 0 Å². The van der Waals surface area contributed by atoms with E-state index in [0.717, 1.165) is 6.08 Å². The standard InChI is InChI=1S/C10H9ClFN3O/c11-15-10(13)14-9(16)6-5-7-3-1-2-4-8(7)12/h1-6H,(H3,13,14,15,16). The zero-order valence-electron chi connectivity index (χ0n) is 8.15. The van der Waals surface area contributed by atoms with E-state index in [0.29, 0.717) is 5.56 Å². The molecule has 0 bridgehead atoms. The monoisotopic (exact) mass is 241 g/mol. The van der Waals surface area contributed by atoms with Crippen molar-refractivity contribution in [3.63, 3.8) is 0 Å². The van der Waals surface area contributed by atoms with Crippen LogP contribution in [-0.2, 0) is 4.79 Å². The van der Waals surface area contributed by atoms with Gasteiger partial charge in [0.1, 0.15) is 5.82 Å². The number of rotatable bonds is 2. The molecule has 0 spiro atoms. The molecule has 1 aromatic carbocycles. The Morgan fingerprint density at radius 1 is 1.50 bits per heavy atom. The Kier molecular flexibility index (Phi) is 4.47. The third kappa shape index (κ3) is 3.70. The number of amides is 1. The number of halogens is 2. The van der Waals surface area contributed by atoms with Crippen LogP contribution in [0, 0.1) is 5.82 Å². The van der Waals surface area contributed by atoms with E-state index in [4.69, 9.17) is 17.5 Å². The summed E-state index contributed by atoms with van der Waals surface area (Å²) in [4.78, 5) is 11.2. The molecule has 1 rings (SSSR count). The second-order valence-corrected chi connectivity index (χ2v) is 2.98. The summed E-state index contributed by atoms with van der Waals surface area (Å²) in [5, 5.41) is 2.17. The first-order valence-corrected chi connectivity index (χ1v) is 4.65. The van der Waals surface area contributed by atoms with Crippen molar-refractivity contribution in [3.8, 4) is 0 Å². The molecule has 0 aromatic heterocycles. The normalized spacial score (nSPS) is 11.8. The second kappa shape index (κ2) is 5.87. The maximum absolute atomic E-state index is 13.1. The van der Waals surface area contributed by atoms with Crippen LogP contribution in [0.5, 0.6) is 0 Å². The SMILES string of the molecule is NC(=NCl)NC(=O)C=Cc1ccccc1F. The van der Waals surface area contributed by atoms with Crippen LogP contribution in [0.1, 0.15) is 5.56 Å². The number of hydrogen-bond acceptors (Lipinski definition) is 2. The summed E-state index contributed by atoms with van der Waals surface area (Å²) in [6, 6.07) is 6.06. The van der Waals surface area contributed by atoms with Crippen molar-refractivity contribution in [2.45, 2.75) is 0 Å². The largest absolute Gasteiger partial charge is 0.369 e. The van der Waals surface area contributed by atoms with Crippen LogP contribution < -0.4 is 11.1 Å². The minimum Gasteiger partial charge on any atom is -0.369 e. The Hall–Kier alpha value is -1.88. The highest BCUT2D eigenvalue weighted by Crippen LogP contribution is 2.07. The number of nitrogens with two attached hydrogens (primary N) is 1. The molecule has 0 aliphatic carbocycles. The van der Waals surface area contributed by atoms with Gasteiger partial charge in [-0.3, -0.25) is 10.1 Å². The lowest BCUT2D eigenvalue weighted by molar-refractivity contribution is -0.115. The first kappa shape index (κ1) is 12.2. The van der Waals surface area contributed by atoms with Gasteiger partial charge in [0.05, 0.1) is 0 Å². The molecule has 3 N–H and O–H groups in total. The van der Waals surface area contributed by atoms with Gasteiger partial charge in [0.2, 0.25) is 5.96 Å². The van der Waals surface area contributed by atoms with Gasteiger partial charge in [0.15, 0.2) is 0 Å². The van der Waals surface area contributed by atoms with E-state index in [2.05, 4.69) is 9.83 Å². The first-order chi connectivity index (χ1) is 7.63. The minimum absolute atomic E-state index is 0.218. The maximum atomic E-state index is 13.1. The third-order valence-electron chi connectivity index (χ3n) is 1.66. The molecule has 0 fully saturated rings. The van der Waals surface area contributed by atoms with Crippen LogP contribution in [0.15, 0.2) is 34.9 Å². The summed E-state index contributed by atoms with van der Waals surface area (Å²) in [5.74, 6) is -1.17. The molecule has 0 saturated heterocycles. The van der Waals surface area contributed by atoms with Gasteiger partial charge in [-0.1, -0.05) is 18.2 Å². The quantitative estimate of drug-likeness (QED) is 0.467. The molecule has 0 aliphatic heterocycles. The van der Waals surface area contributed by atoms with Gasteiger partial charge in [-0.15, -0.1) is 4.51 Å². The van der Waals surface area contributed by atoms with Gasteiger partial charge in [-0.05, 0) is 12.1 Å². The van der Waals surface area contributed by atoms with Crippen LogP contribution in [0.2, 0.25) is 0 Å². The summed E-state index contributed by atoms with van der Waals surface area (Å²) in [6.07, 6.45) is 2.46. The van der Waals surface area contributed by atoms with Gasteiger partial charge in [0, 0.05) is 23.4 Å². The Morgan fingerprint density at radius 2 is 2.19 bits per heavy atom. The van der Waals surface area contributed by atoms with Crippen LogP contribution in [-0.4, -0.2) is 11.9 Å². The average Bonchev–Trinajstić information content (AvgIpc) is 2.28. The summed E-state index contributed by atoms with van der Waals surface area (Å²) < 4.78 is 16.1. The van der Waals surface area contributed by atoms with E-state index < -0.39 is 11.7 Å². The summed E-state index contributed by atoms with van der Waals surface area (Å²) in [7, 11) is 0. The molecule has 0 aliphatic rings. The van der Waals surface area contributed by atoms with Gasteiger partial charge < -0.3 is 5.73 Å². The predicted octanol–water partition coefficient (Wildman–Crippen LogP) is 1.42. The van der Waals surface area contributed by atoms with Crippen molar-refractivity contribution in [3.05, 3.63) is 41.7 Å². The van der Waals surface area contributed by atoms with Gasteiger partial charge >= 0.3 is 0 Å². The summed E-state index contributed by atoms with van der Waals surface area (Å²) in [5.41, 5.74) is 5.46. The zero-order valence-corrected chi connectivity index (χ0v) is 8.91. The first-order valence-electron chi connectivity index (χ1n) is 4.31. The molecule has 0 radical (unpaired) electrons. The highest BCUT2D eigenvalue weighted by Gasteiger charge is 1.99. The maximum Gasteiger partial charge on any atom is 0.250 e. The molecule has 0 unspecified atom stereocenters. The Morgan fingerprint density at radius 3 is 2.81 bits per heavy atom. The number of carbonyl (C=O) groups excluding carboxylic acids is 1. The van der Waals surface area contributed by atoms with Gasteiger partial charge in [-0.25, -0.2) is 4.39 Å². The van der Waals surface area contributed by atoms with Crippen LogP contribution in [0.3, 0.4) is 0 Å². The molecule has 84 valence electrons. The van der Waals surface area contributed by atoms with Crippen molar-refractivity contribution < 1.29 is 9.18 Å². The van der Waals surface area contributed by atoms with E-state index in [1.54, 1.807) is 12.1 Å². The number of nitrogens with one attached hydrogen (secondary N) is 1.